The average molecular weight is 280 g/mol. The summed E-state index contributed by atoms with van der Waals surface area (Å²) in [6, 6.07) is 14.2. The van der Waals surface area contributed by atoms with Crippen molar-refractivity contribution in [3.8, 4) is 0 Å². The van der Waals surface area contributed by atoms with E-state index in [0.717, 1.165) is 16.8 Å². The van der Waals surface area contributed by atoms with E-state index in [0.29, 0.717) is 24.6 Å². The third kappa shape index (κ3) is 2.64. The van der Waals surface area contributed by atoms with Crippen LogP contribution < -0.4 is 10.6 Å². The topological polar surface area (TPSA) is 46.3 Å². The lowest BCUT2D eigenvalue weighted by Gasteiger charge is -2.18. The van der Waals surface area contributed by atoms with Gasteiger partial charge in [0, 0.05) is 11.4 Å². The van der Waals surface area contributed by atoms with Crippen molar-refractivity contribution in [1.29, 1.82) is 0 Å². The Morgan fingerprint density at radius 1 is 1.14 bits per heavy atom. The Morgan fingerprint density at radius 2 is 1.86 bits per heavy atom. The molecule has 1 aliphatic heterocycles. The Hall–Kier alpha value is -2.29. The van der Waals surface area contributed by atoms with Gasteiger partial charge in [-0.15, -0.1) is 0 Å². The van der Waals surface area contributed by atoms with Gasteiger partial charge in [0.05, 0.1) is 13.0 Å². The van der Waals surface area contributed by atoms with Crippen LogP contribution in [0.4, 0.5) is 11.4 Å². The van der Waals surface area contributed by atoms with Crippen LogP contribution >= 0.6 is 0 Å². The zero-order valence-electron chi connectivity index (χ0n) is 12.5. The molecule has 2 aromatic rings. The van der Waals surface area contributed by atoms with Crippen molar-refractivity contribution in [3.05, 3.63) is 59.2 Å². The molecule has 0 aromatic heterocycles. The smallest absolute Gasteiger partial charge is 0.231 e. The molecule has 1 amide bonds. The number of carbonyl (C=O) groups is 1. The summed E-state index contributed by atoms with van der Waals surface area (Å²) in [7, 11) is 0. The Bertz CT molecular complexity index is 674. The minimum atomic E-state index is 0.142. The van der Waals surface area contributed by atoms with Crippen LogP contribution in [-0.2, 0) is 17.8 Å². The second kappa shape index (κ2) is 5.24. The van der Waals surface area contributed by atoms with Gasteiger partial charge in [-0.1, -0.05) is 38.1 Å². The van der Waals surface area contributed by atoms with E-state index >= 15 is 0 Å². The highest BCUT2D eigenvalue weighted by molar-refractivity contribution is 6.01. The van der Waals surface area contributed by atoms with Crippen molar-refractivity contribution >= 4 is 17.3 Å². The van der Waals surface area contributed by atoms with E-state index < -0.39 is 0 Å². The van der Waals surface area contributed by atoms with Crippen LogP contribution in [0.2, 0.25) is 0 Å². The minimum Gasteiger partial charge on any atom is -0.399 e. The molecule has 0 bridgehead atoms. The van der Waals surface area contributed by atoms with Crippen molar-refractivity contribution in [2.45, 2.75) is 32.7 Å². The summed E-state index contributed by atoms with van der Waals surface area (Å²) in [5.41, 5.74) is 11.0. The predicted octanol–water partition coefficient (Wildman–Crippen LogP) is 3.48. The second-order valence-corrected chi connectivity index (χ2v) is 5.94. The van der Waals surface area contributed by atoms with Crippen LogP contribution in [-0.4, -0.2) is 5.91 Å². The molecule has 0 spiro atoms. The van der Waals surface area contributed by atoms with E-state index in [9.17, 15) is 4.79 Å². The lowest BCUT2D eigenvalue weighted by molar-refractivity contribution is -0.117. The van der Waals surface area contributed by atoms with Gasteiger partial charge in [0.1, 0.15) is 0 Å². The van der Waals surface area contributed by atoms with E-state index in [1.807, 2.05) is 23.1 Å². The highest BCUT2D eigenvalue weighted by Crippen LogP contribution is 2.31. The van der Waals surface area contributed by atoms with Gasteiger partial charge in [0.2, 0.25) is 5.91 Å². The van der Waals surface area contributed by atoms with E-state index in [1.165, 1.54) is 5.56 Å². The fourth-order valence-corrected chi connectivity index (χ4v) is 2.77. The third-order valence-corrected chi connectivity index (χ3v) is 4.02. The monoisotopic (exact) mass is 280 g/mol. The first kappa shape index (κ1) is 13.7. The SMILES string of the molecule is CC(C)c1ccc(CN2C(=O)Cc3cc(N)ccc32)cc1. The largest absolute Gasteiger partial charge is 0.399 e. The van der Waals surface area contributed by atoms with Crippen molar-refractivity contribution in [1.82, 2.24) is 0 Å². The van der Waals surface area contributed by atoms with Crippen LogP contribution in [0.25, 0.3) is 0 Å². The van der Waals surface area contributed by atoms with Crippen LogP contribution in [0.15, 0.2) is 42.5 Å². The van der Waals surface area contributed by atoms with E-state index in [4.69, 9.17) is 5.73 Å². The van der Waals surface area contributed by atoms with Gasteiger partial charge in [0.15, 0.2) is 0 Å². The number of amides is 1. The van der Waals surface area contributed by atoms with E-state index in [-0.39, 0.29) is 5.91 Å². The molecule has 0 radical (unpaired) electrons. The van der Waals surface area contributed by atoms with Crippen LogP contribution in [0.5, 0.6) is 0 Å². The summed E-state index contributed by atoms with van der Waals surface area (Å²) in [5.74, 6) is 0.666. The van der Waals surface area contributed by atoms with Gasteiger partial charge in [-0.2, -0.15) is 0 Å². The molecule has 2 N–H and O–H groups in total. The van der Waals surface area contributed by atoms with Crippen molar-refractivity contribution in [3.63, 3.8) is 0 Å². The maximum atomic E-state index is 12.2. The van der Waals surface area contributed by atoms with Crippen LogP contribution in [0.1, 0.15) is 36.5 Å². The molecule has 2 aromatic carbocycles. The molecule has 3 rings (SSSR count). The molecule has 0 aliphatic carbocycles. The molecule has 0 saturated carbocycles. The van der Waals surface area contributed by atoms with Gasteiger partial charge in [-0.05, 0) is 40.8 Å². The summed E-state index contributed by atoms with van der Waals surface area (Å²) in [6.07, 6.45) is 0.449. The molecule has 108 valence electrons. The number of fused-ring (bicyclic) bond motifs is 1. The number of nitrogen functional groups attached to an aromatic ring is 1. The minimum absolute atomic E-state index is 0.142. The number of benzene rings is 2. The quantitative estimate of drug-likeness (QED) is 0.875. The first-order valence-corrected chi connectivity index (χ1v) is 7.32. The molecule has 0 unspecified atom stereocenters. The molecular weight excluding hydrogens is 260 g/mol. The number of rotatable bonds is 3. The summed E-state index contributed by atoms with van der Waals surface area (Å²) >= 11 is 0. The number of anilines is 2. The van der Waals surface area contributed by atoms with Gasteiger partial charge in [-0.3, -0.25) is 4.79 Å². The normalized spacial score (nSPS) is 13.9. The van der Waals surface area contributed by atoms with Gasteiger partial charge in [0.25, 0.3) is 0 Å². The number of nitrogens with zero attached hydrogens (tertiary/aromatic N) is 1. The molecule has 1 heterocycles. The van der Waals surface area contributed by atoms with Gasteiger partial charge >= 0.3 is 0 Å². The maximum Gasteiger partial charge on any atom is 0.231 e. The summed E-state index contributed by atoms with van der Waals surface area (Å²) in [5, 5.41) is 0. The summed E-state index contributed by atoms with van der Waals surface area (Å²) in [6.45, 7) is 4.98. The molecule has 21 heavy (non-hydrogen) atoms. The third-order valence-electron chi connectivity index (χ3n) is 4.02. The van der Waals surface area contributed by atoms with Gasteiger partial charge < -0.3 is 10.6 Å². The highest BCUT2D eigenvalue weighted by atomic mass is 16.2. The Labute approximate surface area is 125 Å². The summed E-state index contributed by atoms with van der Waals surface area (Å²) in [4.78, 5) is 14.1. The zero-order chi connectivity index (χ0) is 15.0. The Kier molecular flexibility index (Phi) is 3.42. The summed E-state index contributed by atoms with van der Waals surface area (Å²) < 4.78 is 0. The predicted molar refractivity (Wildman–Crippen MR) is 86.3 cm³/mol. The lowest BCUT2D eigenvalue weighted by Crippen LogP contribution is -2.25. The highest BCUT2D eigenvalue weighted by Gasteiger charge is 2.27. The van der Waals surface area contributed by atoms with E-state index in [2.05, 4.69) is 38.1 Å². The second-order valence-electron chi connectivity index (χ2n) is 5.94. The average Bonchev–Trinajstić information content (AvgIpc) is 2.75. The molecule has 1 aliphatic rings. The first-order chi connectivity index (χ1) is 10.0. The van der Waals surface area contributed by atoms with E-state index in [1.54, 1.807) is 0 Å². The molecular formula is C18H20N2O. The maximum absolute atomic E-state index is 12.2. The van der Waals surface area contributed by atoms with Crippen LogP contribution in [0, 0.1) is 0 Å². The number of carbonyl (C=O) groups excluding carboxylic acids is 1. The van der Waals surface area contributed by atoms with Crippen LogP contribution in [0.3, 0.4) is 0 Å². The Balaban J connectivity index is 1.84. The lowest BCUT2D eigenvalue weighted by atomic mass is 10.0. The van der Waals surface area contributed by atoms with Crippen molar-refractivity contribution < 1.29 is 4.79 Å². The molecule has 0 fully saturated rings. The number of nitrogens with two attached hydrogens (primary N) is 1. The molecule has 0 saturated heterocycles. The number of hydrogen-bond donors (Lipinski definition) is 1. The number of hydrogen-bond acceptors (Lipinski definition) is 2. The fourth-order valence-electron chi connectivity index (χ4n) is 2.77. The van der Waals surface area contributed by atoms with Gasteiger partial charge in [-0.25, -0.2) is 0 Å². The zero-order valence-corrected chi connectivity index (χ0v) is 12.5. The molecule has 3 nitrogen and oxygen atoms in total. The van der Waals surface area contributed by atoms with Crippen molar-refractivity contribution in [2.75, 3.05) is 10.6 Å². The molecule has 0 atom stereocenters. The molecule has 3 heteroatoms. The fraction of sp³-hybridized carbons (Fsp3) is 0.278. The van der Waals surface area contributed by atoms with Crippen molar-refractivity contribution in [2.24, 2.45) is 0 Å². The first-order valence-electron chi connectivity index (χ1n) is 7.32. The Morgan fingerprint density at radius 3 is 2.52 bits per heavy atom. The standard InChI is InChI=1S/C18H20N2O/c1-12(2)14-5-3-13(4-6-14)11-20-17-8-7-16(19)9-15(17)10-18(20)21/h3-9,12H,10-11,19H2,1-2H3.